The maximum absolute atomic E-state index is 4.06. The minimum Gasteiger partial charge on any atom is -0.376 e. The monoisotopic (exact) mass is 568 g/mol. The van der Waals surface area contributed by atoms with Crippen LogP contribution in [0.3, 0.4) is 0 Å². The van der Waals surface area contributed by atoms with Gasteiger partial charge in [0.05, 0.1) is 6.17 Å². The summed E-state index contributed by atoms with van der Waals surface area (Å²) in [5, 5.41) is 8.57. The van der Waals surface area contributed by atoms with E-state index in [0.717, 1.165) is 19.5 Å². The Kier molecular flexibility index (Phi) is 20.9. The molecule has 0 bridgehead atoms. The van der Waals surface area contributed by atoms with Crippen molar-refractivity contribution in [1.29, 1.82) is 0 Å². The van der Waals surface area contributed by atoms with Crippen molar-refractivity contribution < 1.29 is 0 Å². The highest BCUT2D eigenvalue weighted by Gasteiger charge is 2.13. The van der Waals surface area contributed by atoms with Gasteiger partial charge in [-0.1, -0.05) is 149 Å². The fourth-order valence-corrected chi connectivity index (χ4v) is 4.41. The number of rotatable bonds is 17. The lowest BCUT2D eigenvalue weighted by molar-refractivity contribution is 0.267. The summed E-state index contributed by atoms with van der Waals surface area (Å²) in [5.74, 6) is 0.346. The van der Waals surface area contributed by atoms with Crippen LogP contribution in [0.5, 0.6) is 0 Å². The van der Waals surface area contributed by atoms with Gasteiger partial charge in [-0.3, -0.25) is 5.32 Å². The summed E-state index contributed by atoms with van der Waals surface area (Å²) in [4.78, 5) is 0. The normalized spacial score (nSPS) is 11.5. The number of benzene rings is 3. The predicted octanol–water partition coefficient (Wildman–Crippen LogP) is 8.98. The number of unbranched alkanes of at least 4 members (excludes halogenated alkanes) is 3. The summed E-state index contributed by atoms with van der Waals surface area (Å²) in [6, 6.07) is 31.6. The van der Waals surface area contributed by atoms with Gasteiger partial charge in [-0.05, 0) is 49.1 Å². The lowest BCUT2D eigenvalue weighted by atomic mass is 9.93. The molecule has 3 rings (SSSR count). The first kappa shape index (κ1) is 36.4. The highest BCUT2D eigenvalue weighted by molar-refractivity contribution is 5.27. The molecular formula is C38H56N4. The van der Waals surface area contributed by atoms with Crippen molar-refractivity contribution in [3.05, 3.63) is 145 Å². The maximum Gasteiger partial charge on any atom is 0.0762 e. The second-order valence-corrected chi connectivity index (χ2v) is 10.5. The van der Waals surface area contributed by atoms with Crippen molar-refractivity contribution in [3.8, 4) is 0 Å². The minimum absolute atomic E-state index is 0.313. The molecule has 3 aromatic rings. The Bertz CT molecular complexity index is 1070. The molecule has 0 saturated carbocycles. The van der Waals surface area contributed by atoms with Crippen molar-refractivity contribution >= 4 is 0 Å². The van der Waals surface area contributed by atoms with E-state index in [2.05, 4.69) is 135 Å². The smallest absolute Gasteiger partial charge is 0.0762 e. The lowest BCUT2D eigenvalue weighted by Gasteiger charge is -2.24. The molecule has 1 unspecified atom stereocenters. The van der Waals surface area contributed by atoms with Gasteiger partial charge in [0.1, 0.15) is 0 Å². The summed E-state index contributed by atoms with van der Waals surface area (Å²) in [6.45, 7) is 19.6. The molecule has 0 aromatic heterocycles. The van der Waals surface area contributed by atoms with E-state index in [4.69, 9.17) is 0 Å². The van der Waals surface area contributed by atoms with Crippen molar-refractivity contribution in [3.63, 3.8) is 0 Å². The SMILES string of the molecule is C=CNC(CC)NCc1ccccc1.C=CNN(C)C[C@H](C(=C)C)c1ccccc1.CCCCCCc1ccccc1. The van der Waals surface area contributed by atoms with Crippen molar-refractivity contribution in [2.45, 2.75) is 77.9 Å². The molecule has 42 heavy (non-hydrogen) atoms. The number of nitrogens with zero attached hydrogens (tertiary/aromatic N) is 1. The van der Waals surface area contributed by atoms with Crippen LogP contribution in [0.1, 0.15) is 75.5 Å². The maximum atomic E-state index is 4.06. The summed E-state index contributed by atoms with van der Waals surface area (Å²) >= 11 is 0. The Balaban J connectivity index is 0.000000318. The summed E-state index contributed by atoms with van der Waals surface area (Å²) < 4.78 is 0. The Morgan fingerprint density at radius 3 is 1.86 bits per heavy atom. The Morgan fingerprint density at radius 2 is 1.36 bits per heavy atom. The van der Waals surface area contributed by atoms with Crippen molar-refractivity contribution in [2.24, 2.45) is 0 Å². The van der Waals surface area contributed by atoms with E-state index < -0.39 is 0 Å². The number of likely N-dealkylation sites (N-methyl/N-ethyl adjacent to an activating group) is 1. The molecule has 4 nitrogen and oxygen atoms in total. The Morgan fingerprint density at radius 1 is 0.786 bits per heavy atom. The number of hydrazine groups is 1. The van der Waals surface area contributed by atoms with Gasteiger partial charge >= 0.3 is 0 Å². The van der Waals surface area contributed by atoms with Gasteiger partial charge in [-0.25, -0.2) is 5.01 Å². The van der Waals surface area contributed by atoms with E-state index in [1.807, 2.05) is 24.2 Å². The third-order valence-electron chi connectivity index (χ3n) is 6.85. The van der Waals surface area contributed by atoms with E-state index in [1.165, 1.54) is 54.4 Å². The van der Waals surface area contributed by atoms with Gasteiger partial charge in [0.15, 0.2) is 0 Å². The van der Waals surface area contributed by atoms with Crippen LogP contribution >= 0.6 is 0 Å². The van der Waals surface area contributed by atoms with Crippen molar-refractivity contribution in [2.75, 3.05) is 13.6 Å². The van der Waals surface area contributed by atoms with Crippen LogP contribution in [0.2, 0.25) is 0 Å². The summed E-state index contributed by atoms with van der Waals surface area (Å²) in [6.07, 6.45) is 11.4. The predicted molar refractivity (Wildman–Crippen MR) is 185 cm³/mol. The Hall–Kier alpha value is -3.60. The molecule has 0 aliphatic rings. The van der Waals surface area contributed by atoms with Gasteiger partial charge in [-0.2, -0.15) is 0 Å². The molecule has 0 saturated heterocycles. The zero-order chi connectivity index (χ0) is 30.8. The van der Waals surface area contributed by atoms with Crippen LogP contribution in [0.25, 0.3) is 0 Å². The van der Waals surface area contributed by atoms with Crippen LogP contribution in [0.15, 0.2) is 129 Å². The van der Waals surface area contributed by atoms with E-state index >= 15 is 0 Å². The van der Waals surface area contributed by atoms with E-state index in [0.29, 0.717) is 12.1 Å². The lowest BCUT2D eigenvalue weighted by Crippen LogP contribution is -2.38. The van der Waals surface area contributed by atoms with Gasteiger partial charge < -0.3 is 10.7 Å². The summed E-state index contributed by atoms with van der Waals surface area (Å²) in [5.41, 5.74) is 8.31. The second kappa shape index (κ2) is 24.0. The van der Waals surface area contributed by atoms with Crippen molar-refractivity contribution in [1.82, 2.24) is 21.1 Å². The average molecular weight is 569 g/mol. The van der Waals surface area contributed by atoms with Crippen LogP contribution in [0.4, 0.5) is 0 Å². The third-order valence-corrected chi connectivity index (χ3v) is 6.85. The van der Waals surface area contributed by atoms with Gasteiger partial charge in [-0.15, -0.1) is 0 Å². The number of hydrogen-bond acceptors (Lipinski definition) is 4. The van der Waals surface area contributed by atoms with Crippen LogP contribution in [0, 0.1) is 0 Å². The van der Waals surface area contributed by atoms with Crippen LogP contribution in [-0.2, 0) is 13.0 Å². The molecule has 0 aliphatic heterocycles. The average Bonchev–Trinajstić information content (AvgIpc) is 3.02. The topological polar surface area (TPSA) is 39.3 Å². The van der Waals surface area contributed by atoms with Gasteiger partial charge in [0.2, 0.25) is 0 Å². The zero-order valence-electron chi connectivity index (χ0n) is 26.7. The second-order valence-electron chi connectivity index (χ2n) is 10.5. The quantitative estimate of drug-likeness (QED) is 0.0658. The van der Waals surface area contributed by atoms with Gasteiger partial charge in [0, 0.05) is 32.3 Å². The number of hydrogen-bond donors (Lipinski definition) is 3. The third kappa shape index (κ3) is 17.3. The Labute approximate surface area is 257 Å². The van der Waals surface area contributed by atoms with E-state index in [1.54, 1.807) is 12.4 Å². The molecule has 0 radical (unpaired) electrons. The molecule has 0 fully saturated rings. The molecule has 4 heteroatoms. The van der Waals surface area contributed by atoms with Crippen LogP contribution in [-0.4, -0.2) is 24.8 Å². The molecule has 0 aliphatic carbocycles. The first-order valence-corrected chi connectivity index (χ1v) is 15.4. The molecule has 0 heterocycles. The fraction of sp³-hybridized carbons (Fsp3) is 0.368. The molecule has 228 valence electrons. The highest BCUT2D eigenvalue weighted by atomic mass is 15.5. The van der Waals surface area contributed by atoms with E-state index in [-0.39, 0.29) is 0 Å². The molecule has 0 spiro atoms. The first-order chi connectivity index (χ1) is 20.4. The van der Waals surface area contributed by atoms with Crippen LogP contribution < -0.4 is 16.1 Å². The molecule has 0 amide bonds. The summed E-state index contributed by atoms with van der Waals surface area (Å²) in [7, 11) is 2.00. The zero-order valence-corrected chi connectivity index (χ0v) is 26.7. The molecule has 3 N–H and O–H groups in total. The minimum atomic E-state index is 0.313. The standard InChI is InChI=1S/C14H20N2.C12H18N2.C12H18/c1-5-15-16(4)11-14(12(2)3)13-9-7-6-8-10-13;1-3-12(13-4-2)14-10-11-8-6-5-7-9-11;1-2-3-4-6-9-12-10-7-5-8-11-12/h5-10,14-15H,1-2,11H2,3-4H3;4-9,12-14H,2-3,10H2,1H3;5,7-8,10-11H,2-4,6,9H2,1H3/t14-;;/m1../s1. The molecular weight excluding hydrogens is 512 g/mol. The number of aryl methyl sites for hydroxylation is 1. The first-order valence-electron chi connectivity index (χ1n) is 15.4. The fourth-order valence-electron chi connectivity index (χ4n) is 4.41. The van der Waals surface area contributed by atoms with Gasteiger partial charge in [0.25, 0.3) is 0 Å². The highest BCUT2D eigenvalue weighted by Crippen LogP contribution is 2.23. The number of nitrogens with one attached hydrogen (secondary N) is 3. The molecule has 2 atom stereocenters. The molecule has 3 aromatic carbocycles. The van der Waals surface area contributed by atoms with E-state index in [9.17, 15) is 0 Å². The largest absolute Gasteiger partial charge is 0.376 e.